The van der Waals surface area contributed by atoms with Gasteiger partial charge in [0.2, 0.25) is 4.80 Å². The van der Waals surface area contributed by atoms with Crippen molar-refractivity contribution in [2.24, 2.45) is 10.1 Å². The van der Waals surface area contributed by atoms with Crippen molar-refractivity contribution in [1.29, 1.82) is 0 Å². The zero-order valence-corrected chi connectivity index (χ0v) is 15.4. The van der Waals surface area contributed by atoms with E-state index in [2.05, 4.69) is 66.5 Å². The van der Waals surface area contributed by atoms with E-state index in [0.717, 1.165) is 16.1 Å². The van der Waals surface area contributed by atoms with E-state index in [1.54, 1.807) is 28.7 Å². The number of thiophene rings is 1. The van der Waals surface area contributed by atoms with Gasteiger partial charge in [-0.2, -0.15) is 5.10 Å². The number of nitrogens with zero attached hydrogens (tertiary/aromatic N) is 3. The van der Waals surface area contributed by atoms with Crippen LogP contribution in [0.4, 0.5) is 0 Å². The third-order valence-electron chi connectivity index (χ3n) is 3.55. The van der Waals surface area contributed by atoms with Gasteiger partial charge >= 0.3 is 0 Å². The van der Waals surface area contributed by atoms with Crippen LogP contribution in [0.5, 0.6) is 0 Å². The monoisotopic (exact) mass is 353 g/mol. The Kier molecular flexibility index (Phi) is 5.23. The molecular weight excluding hydrogens is 334 g/mol. The summed E-state index contributed by atoms with van der Waals surface area (Å²) in [7, 11) is 0. The molecule has 0 unspecified atom stereocenters. The Labute approximate surface area is 150 Å². The standard InChI is InChI=1S/C19H19N3S2/c1-4-9-20-19-22(17(13-24-19)18-6-5-10-23-18)21-12-16-8-7-14(2)11-15(16)3/h4-8,10-13H,1,9H2,2-3H3. The molecule has 0 bridgehead atoms. The molecule has 0 aliphatic rings. The highest BCUT2D eigenvalue weighted by Gasteiger charge is 2.08. The Morgan fingerprint density at radius 2 is 2.08 bits per heavy atom. The SMILES string of the molecule is C=CCN=c1scc(-c2cccs2)n1N=Cc1ccc(C)cc1C. The minimum Gasteiger partial charge on any atom is -0.253 e. The third kappa shape index (κ3) is 3.63. The van der Waals surface area contributed by atoms with Gasteiger partial charge in [0.15, 0.2) is 0 Å². The summed E-state index contributed by atoms with van der Waals surface area (Å²) in [5.74, 6) is 0. The second-order valence-electron chi connectivity index (χ2n) is 5.43. The summed E-state index contributed by atoms with van der Waals surface area (Å²) in [6, 6.07) is 10.5. The van der Waals surface area contributed by atoms with E-state index >= 15 is 0 Å². The van der Waals surface area contributed by atoms with E-state index in [1.165, 1.54) is 16.0 Å². The van der Waals surface area contributed by atoms with Crippen molar-refractivity contribution in [2.45, 2.75) is 13.8 Å². The zero-order chi connectivity index (χ0) is 16.9. The number of hydrogen-bond acceptors (Lipinski definition) is 4. The van der Waals surface area contributed by atoms with Crippen molar-refractivity contribution < 1.29 is 0 Å². The molecule has 1 aromatic carbocycles. The molecule has 2 heterocycles. The summed E-state index contributed by atoms with van der Waals surface area (Å²) in [6.45, 7) is 8.53. The van der Waals surface area contributed by atoms with Crippen molar-refractivity contribution >= 4 is 28.9 Å². The predicted octanol–water partition coefficient (Wildman–Crippen LogP) is 4.86. The maximum atomic E-state index is 4.72. The molecule has 0 spiro atoms. The van der Waals surface area contributed by atoms with E-state index in [9.17, 15) is 0 Å². The highest BCUT2D eigenvalue weighted by Crippen LogP contribution is 2.25. The van der Waals surface area contributed by atoms with E-state index in [4.69, 9.17) is 5.10 Å². The van der Waals surface area contributed by atoms with Gasteiger partial charge in [-0.1, -0.05) is 35.9 Å². The zero-order valence-electron chi connectivity index (χ0n) is 13.8. The van der Waals surface area contributed by atoms with E-state index in [1.807, 2.05) is 10.9 Å². The first-order valence-electron chi connectivity index (χ1n) is 7.66. The number of rotatable bonds is 5. The van der Waals surface area contributed by atoms with Gasteiger partial charge in [-0.05, 0) is 36.4 Å². The molecule has 122 valence electrons. The Bertz CT molecular complexity index is 928. The van der Waals surface area contributed by atoms with E-state index in [0.29, 0.717) is 6.54 Å². The molecule has 5 heteroatoms. The molecule has 3 aromatic rings. The number of hydrogen-bond donors (Lipinski definition) is 0. The predicted molar refractivity (Wildman–Crippen MR) is 105 cm³/mol. The minimum atomic E-state index is 0.587. The van der Waals surface area contributed by atoms with Crippen LogP contribution in [0.2, 0.25) is 0 Å². The molecular formula is C19H19N3S2. The Morgan fingerprint density at radius 1 is 1.21 bits per heavy atom. The van der Waals surface area contributed by atoms with Crippen LogP contribution in [0.3, 0.4) is 0 Å². The molecule has 0 aliphatic carbocycles. The number of aryl methyl sites for hydroxylation is 2. The van der Waals surface area contributed by atoms with Crippen molar-refractivity contribution in [3.63, 3.8) is 0 Å². The molecule has 3 rings (SSSR count). The number of benzene rings is 1. The summed E-state index contributed by atoms with van der Waals surface area (Å²) >= 11 is 3.30. The molecule has 3 nitrogen and oxygen atoms in total. The summed E-state index contributed by atoms with van der Waals surface area (Å²) in [5.41, 5.74) is 4.66. The van der Waals surface area contributed by atoms with E-state index < -0.39 is 0 Å². The topological polar surface area (TPSA) is 29.6 Å². The first-order valence-corrected chi connectivity index (χ1v) is 9.42. The van der Waals surface area contributed by atoms with Gasteiger partial charge in [-0.3, -0.25) is 4.99 Å². The second-order valence-corrected chi connectivity index (χ2v) is 7.21. The van der Waals surface area contributed by atoms with Crippen molar-refractivity contribution in [1.82, 2.24) is 4.68 Å². The fraction of sp³-hybridized carbons (Fsp3) is 0.158. The van der Waals surface area contributed by atoms with Gasteiger partial charge in [-0.25, -0.2) is 4.68 Å². The lowest BCUT2D eigenvalue weighted by Gasteiger charge is -2.03. The Morgan fingerprint density at radius 3 is 2.79 bits per heavy atom. The van der Waals surface area contributed by atoms with E-state index in [-0.39, 0.29) is 0 Å². The Hall–Kier alpha value is -2.24. The van der Waals surface area contributed by atoms with Crippen molar-refractivity contribution in [3.8, 4) is 10.6 Å². The molecule has 0 radical (unpaired) electrons. The van der Waals surface area contributed by atoms with Crippen LogP contribution < -0.4 is 4.80 Å². The molecule has 0 saturated heterocycles. The van der Waals surface area contributed by atoms with Gasteiger partial charge in [0.25, 0.3) is 0 Å². The molecule has 0 fully saturated rings. The van der Waals surface area contributed by atoms with Gasteiger partial charge in [0, 0.05) is 5.38 Å². The fourth-order valence-corrected chi connectivity index (χ4v) is 3.99. The molecule has 24 heavy (non-hydrogen) atoms. The molecule has 0 amide bonds. The van der Waals surface area contributed by atoms with Crippen LogP contribution in [0, 0.1) is 13.8 Å². The number of aromatic nitrogens is 1. The van der Waals surface area contributed by atoms with Crippen molar-refractivity contribution in [2.75, 3.05) is 6.54 Å². The van der Waals surface area contributed by atoms with Gasteiger partial charge in [0.05, 0.1) is 23.3 Å². The first kappa shape index (κ1) is 16.6. The highest BCUT2D eigenvalue weighted by atomic mass is 32.1. The molecule has 2 aromatic heterocycles. The summed E-state index contributed by atoms with van der Waals surface area (Å²) in [4.78, 5) is 6.62. The lowest BCUT2D eigenvalue weighted by Crippen LogP contribution is -2.12. The largest absolute Gasteiger partial charge is 0.253 e. The van der Waals surface area contributed by atoms with Crippen LogP contribution >= 0.6 is 22.7 Å². The average molecular weight is 354 g/mol. The summed E-state index contributed by atoms with van der Waals surface area (Å²) in [5, 5.41) is 8.90. The van der Waals surface area contributed by atoms with Crippen molar-refractivity contribution in [3.05, 3.63) is 75.2 Å². The molecule has 0 N–H and O–H groups in total. The van der Waals surface area contributed by atoms with Gasteiger partial charge < -0.3 is 0 Å². The molecule has 0 saturated carbocycles. The second kappa shape index (κ2) is 7.55. The normalized spacial score (nSPS) is 12.2. The fourth-order valence-electron chi connectivity index (χ4n) is 2.35. The van der Waals surface area contributed by atoms with Gasteiger partial charge in [0.1, 0.15) is 0 Å². The van der Waals surface area contributed by atoms with Crippen LogP contribution in [0.15, 0.2) is 63.8 Å². The average Bonchev–Trinajstić information content (AvgIpc) is 3.21. The maximum Gasteiger partial charge on any atom is 0.206 e. The van der Waals surface area contributed by atoms with Crippen LogP contribution in [-0.4, -0.2) is 17.4 Å². The highest BCUT2D eigenvalue weighted by molar-refractivity contribution is 7.14. The lowest BCUT2D eigenvalue weighted by molar-refractivity contribution is 0.842. The first-order chi connectivity index (χ1) is 11.7. The molecule has 0 aliphatic heterocycles. The Balaban J connectivity index is 2.06. The van der Waals surface area contributed by atoms with Crippen LogP contribution in [-0.2, 0) is 0 Å². The minimum absolute atomic E-state index is 0.587. The number of thiazole rings is 1. The van der Waals surface area contributed by atoms with Crippen LogP contribution in [0.25, 0.3) is 10.6 Å². The molecule has 0 atom stereocenters. The quantitative estimate of drug-likeness (QED) is 0.463. The van der Waals surface area contributed by atoms with Gasteiger partial charge in [-0.15, -0.1) is 29.3 Å². The summed E-state index contributed by atoms with van der Waals surface area (Å²) in [6.07, 6.45) is 3.70. The summed E-state index contributed by atoms with van der Waals surface area (Å²) < 4.78 is 1.92. The smallest absolute Gasteiger partial charge is 0.206 e. The maximum absolute atomic E-state index is 4.72. The van der Waals surface area contributed by atoms with Crippen LogP contribution in [0.1, 0.15) is 16.7 Å². The third-order valence-corrected chi connectivity index (χ3v) is 5.30. The lowest BCUT2D eigenvalue weighted by atomic mass is 10.1.